The second-order valence-electron chi connectivity index (χ2n) is 5.90. The van der Waals surface area contributed by atoms with Crippen LogP contribution < -0.4 is 9.47 Å². The van der Waals surface area contributed by atoms with Crippen LogP contribution in [0.5, 0.6) is 11.5 Å². The average Bonchev–Trinajstić information content (AvgIpc) is 3.26. The van der Waals surface area contributed by atoms with Gasteiger partial charge in [-0.15, -0.1) is 0 Å². The Morgan fingerprint density at radius 3 is 2.73 bits per heavy atom. The maximum Gasteiger partial charge on any atom is 0.232 e. The molecule has 5 heteroatoms. The number of Topliss-reactive ketones (excluding diaryl/α,β-unsaturated/α-hetero) is 1. The molecule has 0 bridgehead atoms. The van der Waals surface area contributed by atoms with Crippen molar-refractivity contribution in [3.8, 4) is 11.5 Å². The largest absolute Gasteiger partial charge is 0.488 e. The van der Waals surface area contributed by atoms with Gasteiger partial charge in [-0.05, 0) is 37.3 Å². The number of carbonyl (C=O) groups is 1. The summed E-state index contributed by atoms with van der Waals surface area (Å²) in [6, 6.07) is 14.5. The molecule has 0 fully saturated rings. The Bertz CT molecular complexity index is 1000. The number of carbonyl (C=O) groups excluding carboxylic acids is 1. The van der Waals surface area contributed by atoms with Gasteiger partial charge >= 0.3 is 0 Å². The molecule has 0 amide bonds. The van der Waals surface area contributed by atoms with Crippen LogP contribution in [0.15, 0.2) is 65.0 Å². The van der Waals surface area contributed by atoms with E-state index in [1.54, 1.807) is 36.6 Å². The SMILES string of the molecule is Cc1c(OCc2ccccc2Cl)ccc2c1O/C(=C\c1ccco1)C2=O. The molecule has 0 aliphatic carbocycles. The molecule has 0 saturated carbocycles. The molecule has 130 valence electrons. The van der Waals surface area contributed by atoms with Crippen molar-refractivity contribution in [2.45, 2.75) is 13.5 Å². The normalized spacial score (nSPS) is 14.4. The molecule has 4 rings (SSSR count). The number of benzene rings is 2. The summed E-state index contributed by atoms with van der Waals surface area (Å²) in [6.07, 6.45) is 3.14. The Balaban J connectivity index is 1.59. The van der Waals surface area contributed by atoms with Gasteiger partial charge in [0.25, 0.3) is 0 Å². The van der Waals surface area contributed by atoms with E-state index in [1.165, 1.54) is 0 Å². The monoisotopic (exact) mass is 366 g/mol. The number of ether oxygens (including phenoxy) is 2. The maximum absolute atomic E-state index is 12.5. The van der Waals surface area contributed by atoms with Gasteiger partial charge in [-0.3, -0.25) is 4.79 Å². The smallest absolute Gasteiger partial charge is 0.232 e. The topological polar surface area (TPSA) is 48.7 Å². The van der Waals surface area contributed by atoms with E-state index in [1.807, 2.05) is 31.2 Å². The van der Waals surface area contributed by atoms with Crippen LogP contribution in [-0.4, -0.2) is 5.78 Å². The molecular formula is C21H15ClO4. The number of halogens is 1. The quantitative estimate of drug-likeness (QED) is 0.577. The van der Waals surface area contributed by atoms with Crippen LogP contribution in [-0.2, 0) is 6.61 Å². The number of ketones is 1. The van der Waals surface area contributed by atoms with E-state index in [2.05, 4.69) is 0 Å². The number of allylic oxidation sites excluding steroid dienone is 1. The lowest BCUT2D eigenvalue weighted by molar-refractivity contribution is 0.101. The second-order valence-corrected chi connectivity index (χ2v) is 6.31. The van der Waals surface area contributed by atoms with Gasteiger partial charge in [-0.25, -0.2) is 0 Å². The van der Waals surface area contributed by atoms with Crippen LogP contribution in [0.4, 0.5) is 0 Å². The number of fused-ring (bicyclic) bond motifs is 1. The molecule has 4 nitrogen and oxygen atoms in total. The Hall–Kier alpha value is -2.98. The number of furan rings is 1. The molecule has 3 aromatic rings. The van der Waals surface area contributed by atoms with Crippen LogP contribution >= 0.6 is 11.6 Å². The molecule has 0 saturated heterocycles. The second kappa shape index (κ2) is 6.73. The van der Waals surface area contributed by atoms with Gasteiger partial charge in [0.2, 0.25) is 5.78 Å². The first-order valence-corrected chi connectivity index (χ1v) is 8.49. The predicted molar refractivity (Wildman–Crippen MR) is 98.6 cm³/mol. The summed E-state index contributed by atoms with van der Waals surface area (Å²) < 4.78 is 16.9. The van der Waals surface area contributed by atoms with E-state index in [4.69, 9.17) is 25.5 Å². The molecule has 0 N–H and O–H groups in total. The molecule has 0 atom stereocenters. The number of hydrogen-bond donors (Lipinski definition) is 0. The summed E-state index contributed by atoms with van der Waals surface area (Å²) in [6.45, 7) is 2.20. The fourth-order valence-electron chi connectivity index (χ4n) is 2.80. The number of hydrogen-bond acceptors (Lipinski definition) is 4. The molecule has 1 aliphatic rings. The third-order valence-corrected chi connectivity index (χ3v) is 4.56. The van der Waals surface area contributed by atoms with Crippen LogP contribution in [0, 0.1) is 6.92 Å². The highest BCUT2D eigenvalue weighted by Gasteiger charge is 2.30. The lowest BCUT2D eigenvalue weighted by atomic mass is 10.1. The highest BCUT2D eigenvalue weighted by atomic mass is 35.5. The van der Waals surface area contributed by atoms with E-state index < -0.39 is 0 Å². The van der Waals surface area contributed by atoms with Crippen LogP contribution in [0.2, 0.25) is 5.02 Å². The van der Waals surface area contributed by atoms with Gasteiger partial charge in [-0.1, -0.05) is 29.8 Å². The van der Waals surface area contributed by atoms with Crippen molar-refractivity contribution >= 4 is 23.5 Å². The molecule has 26 heavy (non-hydrogen) atoms. The minimum absolute atomic E-state index is 0.169. The van der Waals surface area contributed by atoms with Crippen molar-refractivity contribution < 1.29 is 18.7 Å². The highest BCUT2D eigenvalue weighted by molar-refractivity contribution is 6.31. The first-order chi connectivity index (χ1) is 12.6. The van der Waals surface area contributed by atoms with Crippen LogP contribution in [0.1, 0.15) is 27.2 Å². The molecule has 0 spiro atoms. The van der Waals surface area contributed by atoms with Crippen LogP contribution in [0.25, 0.3) is 6.08 Å². The van der Waals surface area contributed by atoms with Crippen LogP contribution in [0.3, 0.4) is 0 Å². The van der Waals surface area contributed by atoms with Gasteiger partial charge in [0, 0.05) is 22.2 Å². The highest BCUT2D eigenvalue weighted by Crippen LogP contribution is 2.39. The molecule has 0 radical (unpaired) electrons. The van der Waals surface area contributed by atoms with Crippen molar-refractivity contribution in [3.05, 3.63) is 88.0 Å². The standard InChI is InChI=1S/C21H15ClO4/c1-13-18(25-12-14-5-2-3-7-17(14)22)9-8-16-20(23)19(26-21(13)16)11-15-6-4-10-24-15/h2-11H,12H2,1H3/b19-11-. The number of rotatable bonds is 4. The summed E-state index contributed by atoms with van der Waals surface area (Å²) in [5, 5.41) is 0.654. The maximum atomic E-state index is 12.5. The van der Waals surface area contributed by atoms with E-state index >= 15 is 0 Å². The van der Waals surface area contributed by atoms with Crippen molar-refractivity contribution in [1.82, 2.24) is 0 Å². The van der Waals surface area contributed by atoms with E-state index in [-0.39, 0.29) is 11.5 Å². The first-order valence-electron chi connectivity index (χ1n) is 8.11. The molecular weight excluding hydrogens is 352 g/mol. The summed E-state index contributed by atoms with van der Waals surface area (Å²) in [5.74, 6) is 1.80. The van der Waals surface area contributed by atoms with E-state index in [9.17, 15) is 4.79 Å². The molecule has 2 aromatic carbocycles. The predicted octanol–water partition coefficient (Wildman–Crippen LogP) is 5.44. The zero-order chi connectivity index (χ0) is 18.1. The van der Waals surface area contributed by atoms with E-state index in [0.717, 1.165) is 11.1 Å². The fourth-order valence-corrected chi connectivity index (χ4v) is 2.99. The minimum Gasteiger partial charge on any atom is -0.488 e. The summed E-state index contributed by atoms with van der Waals surface area (Å²) >= 11 is 6.16. The molecule has 2 heterocycles. The molecule has 1 aromatic heterocycles. The lowest BCUT2D eigenvalue weighted by Gasteiger charge is -2.12. The Morgan fingerprint density at radius 1 is 1.12 bits per heavy atom. The van der Waals surface area contributed by atoms with Gasteiger partial charge < -0.3 is 13.9 Å². The Kier molecular flexibility index (Phi) is 4.27. The summed E-state index contributed by atoms with van der Waals surface area (Å²) in [4.78, 5) is 12.5. The lowest BCUT2D eigenvalue weighted by Crippen LogP contribution is -1.99. The zero-order valence-electron chi connectivity index (χ0n) is 14.0. The average molecular weight is 367 g/mol. The first kappa shape index (κ1) is 16.5. The van der Waals surface area contributed by atoms with Crippen molar-refractivity contribution in [1.29, 1.82) is 0 Å². The Morgan fingerprint density at radius 2 is 1.96 bits per heavy atom. The van der Waals surface area contributed by atoms with Crippen molar-refractivity contribution in [2.75, 3.05) is 0 Å². The summed E-state index contributed by atoms with van der Waals surface area (Å²) in [5.41, 5.74) is 2.18. The molecule has 1 aliphatic heterocycles. The third kappa shape index (κ3) is 3.00. The van der Waals surface area contributed by atoms with Crippen molar-refractivity contribution in [2.24, 2.45) is 0 Å². The van der Waals surface area contributed by atoms with Gasteiger partial charge in [-0.2, -0.15) is 0 Å². The summed E-state index contributed by atoms with van der Waals surface area (Å²) in [7, 11) is 0. The minimum atomic E-state index is -0.169. The van der Waals surface area contributed by atoms with Crippen molar-refractivity contribution in [3.63, 3.8) is 0 Å². The van der Waals surface area contributed by atoms with Gasteiger partial charge in [0.05, 0.1) is 11.8 Å². The fraction of sp³-hybridized carbons (Fsp3) is 0.0952. The van der Waals surface area contributed by atoms with E-state index in [0.29, 0.717) is 34.5 Å². The zero-order valence-corrected chi connectivity index (χ0v) is 14.7. The molecule has 0 unspecified atom stereocenters. The van der Waals surface area contributed by atoms with Gasteiger partial charge in [0.1, 0.15) is 23.9 Å². The third-order valence-electron chi connectivity index (χ3n) is 4.19. The Labute approximate surface area is 155 Å². The van der Waals surface area contributed by atoms with Gasteiger partial charge in [0.15, 0.2) is 5.76 Å².